The molecule has 0 spiro atoms. The van der Waals surface area contributed by atoms with E-state index in [0.29, 0.717) is 0 Å². The van der Waals surface area contributed by atoms with Crippen LogP contribution in [-0.4, -0.2) is 4.57 Å². The zero-order chi connectivity index (χ0) is 14.7. The number of furan rings is 1. The highest BCUT2D eigenvalue weighted by Gasteiger charge is 2.16. The van der Waals surface area contributed by atoms with Gasteiger partial charge in [0.1, 0.15) is 11.2 Å². The van der Waals surface area contributed by atoms with Gasteiger partial charge in [-0.1, -0.05) is 36.4 Å². The van der Waals surface area contributed by atoms with E-state index in [4.69, 9.17) is 4.42 Å². The molecular formula is C20H15NO. The van der Waals surface area contributed by atoms with Crippen LogP contribution in [0.1, 0.15) is 6.92 Å². The molecule has 0 radical (unpaired) electrons. The second-order valence-electron chi connectivity index (χ2n) is 5.69. The molecule has 0 unspecified atom stereocenters. The molecule has 22 heavy (non-hydrogen) atoms. The molecule has 5 aromatic rings. The minimum Gasteiger partial charge on any atom is -0.456 e. The van der Waals surface area contributed by atoms with E-state index in [1.165, 1.54) is 32.6 Å². The maximum Gasteiger partial charge on any atom is 0.136 e. The molecule has 106 valence electrons. The molecule has 0 N–H and O–H groups in total. The highest BCUT2D eigenvalue weighted by Crippen LogP contribution is 2.39. The fraction of sp³-hybridized carbons (Fsp3) is 0.100. The summed E-state index contributed by atoms with van der Waals surface area (Å²) in [5.41, 5.74) is 4.49. The van der Waals surface area contributed by atoms with Crippen molar-refractivity contribution >= 4 is 43.7 Å². The Morgan fingerprint density at radius 1 is 0.727 bits per heavy atom. The van der Waals surface area contributed by atoms with Crippen LogP contribution < -0.4 is 0 Å². The van der Waals surface area contributed by atoms with Gasteiger partial charge in [0, 0.05) is 39.1 Å². The van der Waals surface area contributed by atoms with E-state index in [2.05, 4.69) is 60.0 Å². The zero-order valence-electron chi connectivity index (χ0n) is 12.3. The molecule has 2 nitrogen and oxygen atoms in total. The monoisotopic (exact) mass is 285 g/mol. The first kappa shape index (κ1) is 11.9. The number of fused-ring (bicyclic) bond motifs is 7. The van der Waals surface area contributed by atoms with Crippen LogP contribution in [0.3, 0.4) is 0 Å². The minimum absolute atomic E-state index is 0.957. The van der Waals surface area contributed by atoms with Gasteiger partial charge in [-0.3, -0.25) is 0 Å². The summed E-state index contributed by atoms with van der Waals surface area (Å²) in [6.07, 6.45) is 0. The maximum atomic E-state index is 6.04. The smallest absolute Gasteiger partial charge is 0.136 e. The third-order valence-corrected chi connectivity index (χ3v) is 4.59. The van der Waals surface area contributed by atoms with E-state index < -0.39 is 0 Å². The molecule has 0 amide bonds. The molecule has 0 aliphatic heterocycles. The Morgan fingerprint density at radius 3 is 2.36 bits per heavy atom. The maximum absolute atomic E-state index is 6.04. The first-order valence-electron chi connectivity index (χ1n) is 7.69. The Hall–Kier alpha value is -2.74. The molecular weight excluding hydrogens is 270 g/mol. The fourth-order valence-electron chi connectivity index (χ4n) is 3.69. The molecule has 2 aromatic heterocycles. The predicted octanol–water partition coefficient (Wildman–Crippen LogP) is 5.71. The molecule has 0 fully saturated rings. The second-order valence-corrected chi connectivity index (χ2v) is 5.69. The topological polar surface area (TPSA) is 18.1 Å². The van der Waals surface area contributed by atoms with Gasteiger partial charge in [0.15, 0.2) is 0 Å². The van der Waals surface area contributed by atoms with Gasteiger partial charge in [0.05, 0.1) is 0 Å². The summed E-state index contributed by atoms with van der Waals surface area (Å²) in [7, 11) is 0. The van der Waals surface area contributed by atoms with Crippen LogP contribution in [0.4, 0.5) is 0 Å². The highest BCUT2D eigenvalue weighted by molar-refractivity contribution is 6.26. The lowest BCUT2D eigenvalue weighted by Crippen LogP contribution is -1.92. The van der Waals surface area contributed by atoms with Crippen molar-refractivity contribution in [3.05, 3.63) is 60.7 Å². The van der Waals surface area contributed by atoms with Crippen LogP contribution in [0.5, 0.6) is 0 Å². The van der Waals surface area contributed by atoms with Crippen LogP contribution in [0.15, 0.2) is 65.1 Å². The summed E-state index contributed by atoms with van der Waals surface area (Å²) in [4.78, 5) is 0. The van der Waals surface area contributed by atoms with Gasteiger partial charge in [0.2, 0.25) is 0 Å². The molecule has 0 aliphatic carbocycles. The quantitative estimate of drug-likeness (QED) is 0.385. The SMILES string of the molecule is CCn1c2ccccc2c2c3c(ccc21)oc1ccccc13. The van der Waals surface area contributed by atoms with Crippen molar-refractivity contribution in [2.24, 2.45) is 0 Å². The normalized spacial score (nSPS) is 12.0. The number of para-hydroxylation sites is 2. The predicted molar refractivity (Wildman–Crippen MR) is 92.4 cm³/mol. The van der Waals surface area contributed by atoms with Crippen molar-refractivity contribution in [1.29, 1.82) is 0 Å². The van der Waals surface area contributed by atoms with Crippen molar-refractivity contribution < 1.29 is 4.42 Å². The summed E-state index contributed by atoms with van der Waals surface area (Å²) in [6.45, 7) is 3.16. The molecule has 0 saturated carbocycles. The van der Waals surface area contributed by atoms with Crippen molar-refractivity contribution in [3.8, 4) is 0 Å². The van der Waals surface area contributed by atoms with Crippen molar-refractivity contribution in [1.82, 2.24) is 4.57 Å². The van der Waals surface area contributed by atoms with E-state index in [1.54, 1.807) is 0 Å². The molecule has 5 rings (SSSR count). The first-order chi connectivity index (χ1) is 10.9. The second kappa shape index (κ2) is 4.14. The number of aryl methyl sites for hydroxylation is 1. The number of rotatable bonds is 1. The van der Waals surface area contributed by atoms with E-state index in [-0.39, 0.29) is 0 Å². The Kier molecular flexibility index (Phi) is 2.23. The first-order valence-corrected chi connectivity index (χ1v) is 7.69. The highest BCUT2D eigenvalue weighted by atomic mass is 16.3. The Balaban J connectivity index is 2.17. The van der Waals surface area contributed by atoms with Crippen LogP contribution in [0.2, 0.25) is 0 Å². The lowest BCUT2D eigenvalue weighted by Gasteiger charge is -2.02. The number of nitrogens with zero attached hydrogens (tertiary/aromatic N) is 1. The molecule has 2 heterocycles. The van der Waals surface area contributed by atoms with Crippen LogP contribution in [-0.2, 0) is 6.54 Å². The van der Waals surface area contributed by atoms with Gasteiger partial charge in [0.25, 0.3) is 0 Å². The summed E-state index contributed by atoms with van der Waals surface area (Å²) >= 11 is 0. The van der Waals surface area contributed by atoms with Crippen molar-refractivity contribution in [2.75, 3.05) is 0 Å². The minimum atomic E-state index is 0.957. The standard InChI is InChI=1S/C20H15NO/c1-2-21-15-9-5-3-7-13(15)19-16(21)11-12-18-20(19)14-8-4-6-10-17(14)22-18/h3-12H,2H2,1H3. The van der Waals surface area contributed by atoms with Crippen molar-refractivity contribution in [3.63, 3.8) is 0 Å². The number of hydrogen-bond acceptors (Lipinski definition) is 1. The average molecular weight is 285 g/mol. The largest absolute Gasteiger partial charge is 0.456 e. The molecule has 0 bridgehead atoms. The molecule has 0 atom stereocenters. The Bertz CT molecular complexity index is 1160. The van der Waals surface area contributed by atoms with Gasteiger partial charge < -0.3 is 8.98 Å². The van der Waals surface area contributed by atoms with E-state index in [1.807, 2.05) is 12.1 Å². The van der Waals surface area contributed by atoms with Crippen LogP contribution in [0.25, 0.3) is 43.7 Å². The van der Waals surface area contributed by atoms with Crippen molar-refractivity contribution in [2.45, 2.75) is 13.5 Å². The summed E-state index contributed by atoms with van der Waals surface area (Å²) in [5.74, 6) is 0. The van der Waals surface area contributed by atoms with Gasteiger partial charge in [-0.2, -0.15) is 0 Å². The summed E-state index contributed by atoms with van der Waals surface area (Å²) < 4.78 is 8.42. The third kappa shape index (κ3) is 1.34. The molecule has 0 aliphatic rings. The van der Waals surface area contributed by atoms with Gasteiger partial charge in [-0.25, -0.2) is 0 Å². The summed E-state index contributed by atoms with van der Waals surface area (Å²) in [6, 6.07) is 21.2. The van der Waals surface area contributed by atoms with Crippen LogP contribution >= 0.6 is 0 Å². The third-order valence-electron chi connectivity index (χ3n) is 4.59. The Labute approximate surface area is 127 Å². The average Bonchev–Trinajstić information content (AvgIpc) is 3.09. The molecule has 3 aromatic carbocycles. The number of hydrogen-bond donors (Lipinski definition) is 0. The number of benzene rings is 3. The van der Waals surface area contributed by atoms with E-state index in [0.717, 1.165) is 17.7 Å². The van der Waals surface area contributed by atoms with E-state index >= 15 is 0 Å². The van der Waals surface area contributed by atoms with Gasteiger partial charge >= 0.3 is 0 Å². The molecule has 0 saturated heterocycles. The van der Waals surface area contributed by atoms with Gasteiger partial charge in [-0.15, -0.1) is 0 Å². The summed E-state index contributed by atoms with van der Waals surface area (Å²) in [5, 5.41) is 5.04. The number of aromatic nitrogens is 1. The Morgan fingerprint density at radius 2 is 1.50 bits per heavy atom. The fourth-order valence-corrected chi connectivity index (χ4v) is 3.69. The molecule has 2 heteroatoms. The van der Waals surface area contributed by atoms with Crippen LogP contribution in [0, 0.1) is 0 Å². The lowest BCUT2D eigenvalue weighted by molar-refractivity contribution is 0.669. The van der Waals surface area contributed by atoms with Gasteiger partial charge in [-0.05, 0) is 31.2 Å². The van der Waals surface area contributed by atoms with E-state index in [9.17, 15) is 0 Å². The zero-order valence-corrected chi connectivity index (χ0v) is 12.3. The lowest BCUT2D eigenvalue weighted by atomic mass is 10.1.